The lowest BCUT2D eigenvalue weighted by atomic mass is 10.0. The van der Waals surface area contributed by atoms with Gasteiger partial charge in [0.15, 0.2) is 5.13 Å². The molecule has 0 spiro atoms. The number of rotatable bonds is 2. The molecule has 20 heavy (non-hydrogen) atoms. The van der Waals surface area contributed by atoms with E-state index in [1.807, 2.05) is 11.3 Å². The molecule has 2 atom stereocenters. The summed E-state index contributed by atoms with van der Waals surface area (Å²) in [5, 5.41) is 11.1. The first-order valence-corrected chi connectivity index (χ1v) is 8.42. The highest BCUT2D eigenvalue weighted by Crippen LogP contribution is 2.42. The van der Waals surface area contributed by atoms with Gasteiger partial charge in [0.1, 0.15) is 0 Å². The molecule has 0 saturated carbocycles. The van der Waals surface area contributed by atoms with Crippen LogP contribution in [-0.2, 0) is 6.42 Å². The number of piperidine rings is 1. The summed E-state index contributed by atoms with van der Waals surface area (Å²) < 4.78 is 1.30. The molecule has 4 rings (SSSR count). The minimum Gasteiger partial charge on any atom is -0.393 e. The van der Waals surface area contributed by atoms with Gasteiger partial charge in [0, 0.05) is 12.1 Å². The van der Waals surface area contributed by atoms with Crippen LogP contribution in [-0.4, -0.2) is 28.3 Å². The molecule has 0 amide bonds. The van der Waals surface area contributed by atoms with Crippen LogP contribution >= 0.6 is 11.3 Å². The fourth-order valence-electron chi connectivity index (χ4n) is 3.75. The van der Waals surface area contributed by atoms with Crippen molar-refractivity contribution in [3.63, 3.8) is 0 Å². The number of thiazole rings is 1. The van der Waals surface area contributed by atoms with Gasteiger partial charge >= 0.3 is 0 Å². The Labute approximate surface area is 123 Å². The lowest BCUT2D eigenvalue weighted by Gasteiger charge is -2.36. The van der Waals surface area contributed by atoms with Gasteiger partial charge in [-0.15, -0.1) is 0 Å². The molecule has 3 heterocycles. The molecule has 2 aromatic rings. The summed E-state index contributed by atoms with van der Waals surface area (Å²) in [7, 11) is 0. The second-order valence-electron chi connectivity index (χ2n) is 6.07. The van der Waals surface area contributed by atoms with Gasteiger partial charge in [0.2, 0.25) is 0 Å². The van der Waals surface area contributed by atoms with E-state index < -0.39 is 0 Å². The van der Waals surface area contributed by atoms with E-state index in [-0.39, 0.29) is 6.10 Å². The number of fused-ring (bicyclic) bond motifs is 3. The summed E-state index contributed by atoms with van der Waals surface area (Å²) in [6.45, 7) is 2.19. The number of hydrogen-bond acceptors (Lipinski definition) is 4. The van der Waals surface area contributed by atoms with Crippen LogP contribution in [0.2, 0.25) is 0 Å². The van der Waals surface area contributed by atoms with E-state index in [1.165, 1.54) is 23.1 Å². The molecular weight excluding hydrogens is 268 g/mol. The largest absolute Gasteiger partial charge is 0.393 e. The van der Waals surface area contributed by atoms with Crippen molar-refractivity contribution in [2.75, 3.05) is 4.90 Å². The van der Waals surface area contributed by atoms with Crippen molar-refractivity contribution in [1.29, 1.82) is 0 Å². The number of nitrogens with zero attached hydrogens (tertiary/aromatic N) is 2. The SMILES string of the molecule is CCc1ccc2nc(N3C4CCC3CC(O)C4)sc2c1. The van der Waals surface area contributed by atoms with Crippen LogP contribution in [0.25, 0.3) is 10.2 Å². The second kappa shape index (κ2) is 4.71. The van der Waals surface area contributed by atoms with Gasteiger partial charge in [0.05, 0.1) is 16.3 Å². The van der Waals surface area contributed by atoms with E-state index >= 15 is 0 Å². The van der Waals surface area contributed by atoms with Crippen LogP contribution in [0.3, 0.4) is 0 Å². The minimum atomic E-state index is -0.107. The maximum atomic E-state index is 9.92. The Kier molecular flexibility index (Phi) is 2.97. The first-order valence-electron chi connectivity index (χ1n) is 7.60. The summed E-state index contributed by atoms with van der Waals surface area (Å²) in [6, 6.07) is 7.59. The number of aryl methyl sites for hydroxylation is 1. The van der Waals surface area contributed by atoms with E-state index in [0.717, 1.165) is 29.9 Å². The molecule has 2 aliphatic rings. The van der Waals surface area contributed by atoms with E-state index in [9.17, 15) is 5.11 Å². The zero-order valence-corrected chi connectivity index (χ0v) is 12.6. The number of aliphatic hydroxyl groups excluding tert-OH is 1. The van der Waals surface area contributed by atoms with E-state index in [1.54, 1.807) is 0 Å². The molecule has 2 saturated heterocycles. The number of benzene rings is 1. The van der Waals surface area contributed by atoms with Crippen LogP contribution < -0.4 is 4.90 Å². The summed E-state index contributed by atoms with van der Waals surface area (Å²) in [5.74, 6) is 0. The molecule has 2 unspecified atom stereocenters. The van der Waals surface area contributed by atoms with Crippen molar-refractivity contribution in [3.05, 3.63) is 23.8 Å². The Morgan fingerprint density at radius 1 is 1.30 bits per heavy atom. The molecule has 1 aromatic heterocycles. The van der Waals surface area contributed by atoms with E-state index in [2.05, 4.69) is 30.0 Å². The lowest BCUT2D eigenvalue weighted by molar-refractivity contribution is 0.126. The third-order valence-electron chi connectivity index (χ3n) is 4.78. The maximum Gasteiger partial charge on any atom is 0.186 e. The Morgan fingerprint density at radius 3 is 2.75 bits per heavy atom. The number of aliphatic hydroxyl groups is 1. The maximum absolute atomic E-state index is 9.92. The van der Waals surface area contributed by atoms with Gasteiger partial charge in [-0.1, -0.05) is 24.3 Å². The highest BCUT2D eigenvalue weighted by molar-refractivity contribution is 7.22. The first kappa shape index (κ1) is 12.6. The number of anilines is 1. The first-order chi connectivity index (χ1) is 9.74. The van der Waals surface area contributed by atoms with Crippen molar-refractivity contribution in [2.24, 2.45) is 0 Å². The molecule has 2 fully saturated rings. The van der Waals surface area contributed by atoms with E-state index in [4.69, 9.17) is 4.98 Å². The molecule has 0 radical (unpaired) electrons. The van der Waals surface area contributed by atoms with Crippen molar-refractivity contribution >= 4 is 26.7 Å². The summed E-state index contributed by atoms with van der Waals surface area (Å²) in [5.41, 5.74) is 2.50. The zero-order chi connectivity index (χ0) is 13.7. The summed E-state index contributed by atoms with van der Waals surface area (Å²) in [6.07, 6.45) is 5.20. The van der Waals surface area contributed by atoms with Crippen LogP contribution in [0.1, 0.15) is 38.2 Å². The number of aromatic nitrogens is 1. The summed E-state index contributed by atoms with van der Waals surface area (Å²) in [4.78, 5) is 7.33. The molecule has 3 nitrogen and oxygen atoms in total. The van der Waals surface area contributed by atoms with Gasteiger partial charge in [-0.05, 0) is 49.8 Å². The smallest absolute Gasteiger partial charge is 0.186 e. The predicted octanol–water partition coefficient (Wildman–Crippen LogP) is 3.35. The molecule has 4 heteroatoms. The average molecular weight is 288 g/mol. The average Bonchev–Trinajstić information content (AvgIpc) is 2.96. The third-order valence-corrected chi connectivity index (χ3v) is 5.81. The van der Waals surface area contributed by atoms with Crippen molar-refractivity contribution in [1.82, 2.24) is 4.98 Å². The Bertz CT molecular complexity index is 624. The fourth-order valence-corrected chi connectivity index (χ4v) is 4.92. The third kappa shape index (κ3) is 1.93. The molecular formula is C16H20N2OS. The fraction of sp³-hybridized carbons (Fsp3) is 0.562. The highest BCUT2D eigenvalue weighted by atomic mass is 32.1. The minimum absolute atomic E-state index is 0.107. The van der Waals surface area contributed by atoms with Gasteiger partial charge in [0.25, 0.3) is 0 Å². The molecule has 1 aromatic carbocycles. The molecule has 2 aliphatic heterocycles. The Morgan fingerprint density at radius 2 is 2.05 bits per heavy atom. The zero-order valence-electron chi connectivity index (χ0n) is 11.7. The molecule has 2 bridgehead atoms. The van der Waals surface area contributed by atoms with Gasteiger partial charge in [-0.25, -0.2) is 4.98 Å². The summed E-state index contributed by atoms with van der Waals surface area (Å²) >= 11 is 1.82. The highest BCUT2D eigenvalue weighted by Gasteiger charge is 2.41. The monoisotopic (exact) mass is 288 g/mol. The van der Waals surface area contributed by atoms with Gasteiger partial charge < -0.3 is 10.0 Å². The Balaban J connectivity index is 1.72. The van der Waals surface area contributed by atoms with Crippen LogP contribution in [0.5, 0.6) is 0 Å². The standard InChI is InChI=1S/C16H20N2OS/c1-2-10-3-6-14-15(7-10)20-16(17-14)18-11-4-5-12(18)9-13(19)8-11/h3,6-7,11-13,19H,2,4-5,8-9H2,1H3. The van der Waals surface area contributed by atoms with Gasteiger partial charge in [-0.2, -0.15) is 0 Å². The topological polar surface area (TPSA) is 36.4 Å². The molecule has 1 N–H and O–H groups in total. The lowest BCUT2D eigenvalue weighted by Crippen LogP contribution is -2.44. The van der Waals surface area contributed by atoms with Crippen molar-refractivity contribution < 1.29 is 5.11 Å². The number of hydrogen-bond donors (Lipinski definition) is 1. The van der Waals surface area contributed by atoms with Crippen LogP contribution in [0.4, 0.5) is 5.13 Å². The second-order valence-corrected chi connectivity index (χ2v) is 7.08. The molecule has 0 aliphatic carbocycles. The van der Waals surface area contributed by atoms with Crippen LogP contribution in [0.15, 0.2) is 18.2 Å². The van der Waals surface area contributed by atoms with Crippen LogP contribution in [0, 0.1) is 0 Å². The normalized spacial score (nSPS) is 29.3. The predicted molar refractivity (Wildman–Crippen MR) is 83.5 cm³/mol. The Hall–Kier alpha value is -1.13. The van der Waals surface area contributed by atoms with E-state index in [0.29, 0.717) is 12.1 Å². The van der Waals surface area contributed by atoms with Crippen molar-refractivity contribution in [3.8, 4) is 0 Å². The van der Waals surface area contributed by atoms with Crippen molar-refractivity contribution in [2.45, 2.75) is 57.2 Å². The van der Waals surface area contributed by atoms with Gasteiger partial charge in [-0.3, -0.25) is 0 Å². The molecule has 106 valence electrons. The quantitative estimate of drug-likeness (QED) is 0.920.